The monoisotopic (exact) mass is 420 g/mol. The molecule has 3 aromatic rings. The van der Waals surface area contributed by atoms with E-state index in [9.17, 15) is 19.8 Å². The van der Waals surface area contributed by atoms with Crippen LogP contribution in [0.2, 0.25) is 0 Å². The van der Waals surface area contributed by atoms with E-state index >= 15 is 0 Å². The highest BCUT2D eigenvalue weighted by molar-refractivity contribution is 5.89. The first-order chi connectivity index (χ1) is 14.7. The Bertz CT molecular complexity index is 1030. The molecule has 0 aromatic heterocycles. The van der Waals surface area contributed by atoms with Gasteiger partial charge in [-0.15, -0.1) is 0 Å². The molecule has 0 spiro atoms. The van der Waals surface area contributed by atoms with E-state index in [0.717, 1.165) is 16.7 Å². The Morgan fingerprint density at radius 2 is 1.32 bits per heavy atom. The molecule has 6 heteroatoms. The van der Waals surface area contributed by atoms with Gasteiger partial charge in [0.1, 0.15) is 17.2 Å². The van der Waals surface area contributed by atoms with E-state index in [1.165, 1.54) is 6.07 Å². The van der Waals surface area contributed by atoms with E-state index < -0.39 is 11.9 Å². The number of carboxylic acids is 2. The van der Waals surface area contributed by atoms with Gasteiger partial charge in [-0.3, -0.25) is 0 Å². The lowest BCUT2D eigenvalue weighted by molar-refractivity contribution is -0.256. The number of benzene rings is 3. The van der Waals surface area contributed by atoms with Gasteiger partial charge in [0.05, 0.1) is 18.5 Å². The Balaban J connectivity index is 0.000000262. The molecular formula is C25H24O6-2. The summed E-state index contributed by atoms with van der Waals surface area (Å²) in [6.45, 7) is 7.87. The van der Waals surface area contributed by atoms with Gasteiger partial charge in [-0.2, -0.15) is 0 Å². The highest BCUT2D eigenvalue weighted by Gasteiger charge is 2.07. The van der Waals surface area contributed by atoms with Crippen LogP contribution in [0.25, 0.3) is 0 Å². The molecule has 0 saturated heterocycles. The fourth-order valence-electron chi connectivity index (χ4n) is 2.84. The zero-order valence-corrected chi connectivity index (χ0v) is 17.9. The van der Waals surface area contributed by atoms with Gasteiger partial charge in [0, 0.05) is 11.6 Å². The molecule has 0 amide bonds. The minimum atomic E-state index is -1.27. The van der Waals surface area contributed by atoms with E-state index in [1.807, 2.05) is 51.1 Å². The van der Waals surface area contributed by atoms with Gasteiger partial charge in [0.25, 0.3) is 0 Å². The van der Waals surface area contributed by atoms with Gasteiger partial charge >= 0.3 is 0 Å². The summed E-state index contributed by atoms with van der Waals surface area (Å²) in [4.78, 5) is 21.4. The second-order valence-electron chi connectivity index (χ2n) is 6.96. The SMILES string of the molecule is CCOc1cc(Oc2ccc(C)cc2)ccc1C(=O)[O-].Cc1cc(C)cc(C(=O)[O-])c1. The fourth-order valence-corrected chi connectivity index (χ4v) is 2.84. The number of carboxylic acid groups (broad SMARTS) is 2. The maximum Gasteiger partial charge on any atom is 0.132 e. The largest absolute Gasteiger partial charge is 0.545 e. The van der Waals surface area contributed by atoms with E-state index in [0.29, 0.717) is 18.1 Å². The van der Waals surface area contributed by atoms with Gasteiger partial charge in [-0.1, -0.05) is 47.0 Å². The first-order valence-electron chi connectivity index (χ1n) is 9.72. The predicted octanol–water partition coefficient (Wildman–Crippen LogP) is 3.22. The predicted molar refractivity (Wildman–Crippen MR) is 113 cm³/mol. The Kier molecular flexibility index (Phi) is 8.20. The van der Waals surface area contributed by atoms with Gasteiger partial charge in [0.2, 0.25) is 0 Å². The van der Waals surface area contributed by atoms with Crippen LogP contribution in [-0.2, 0) is 0 Å². The molecule has 0 aliphatic carbocycles. The van der Waals surface area contributed by atoms with Crippen molar-refractivity contribution in [2.45, 2.75) is 27.7 Å². The maximum atomic E-state index is 11.0. The molecule has 31 heavy (non-hydrogen) atoms. The first kappa shape index (κ1) is 23.5. The summed E-state index contributed by atoms with van der Waals surface area (Å²) < 4.78 is 11.0. The Morgan fingerprint density at radius 3 is 1.84 bits per heavy atom. The number of ether oxygens (including phenoxy) is 2. The number of rotatable bonds is 6. The van der Waals surface area contributed by atoms with Crippen LogP contribution in [0.3, 0.4) is 0 Å². The number of aromatic carboxylic acids is 2. The molecule has 3 rings (SSSR count). The zero-order chi connectivity index (χ0) is 23.0. The van der Waals surface area contributed by atoms with E-state index in [4.69, 9.17) is 9.47 Å². The molecule has 6 nitrogen and oxygen atoms in total. The van der Waals surface area contributed by atoms with E-state index in [2.05, 4.69) is 0 Å². The van der Waals surface area contributed by atoms with Crippen LogP contribution in [0.4, 0.5) is 0 Å². The third-order valence-electron chi connectivity index (χ3n) is 4.19. The van der Waals surface area contributed by atoms with Gasteiger partial charge in [-0.05, 0) is 57.5 Å². The fraction of sp³-hybridized carbons (Fsp3) is 0.200. The smallest absolute Gasteiger partial charge is 0.132 e. The number of hydrogen-bond donors (Lipinski definition) is 0. The summed E-state index contributed by atoms with van der Waals surface area (Å²) in [5.41, 5.74) is 3.30. The van der Waals surface area contributed by atoms with Gasteiger partial charge < -0.3 is 29.3 Å². The summed E-state index contributed by atoms with van der Waals surface area (Å²) >= 11 is 0. The molecule has 0 bridgehead atoms. The van der Waals surface area contributed by atoms with E-state index in [-0.39, 0.29) is 16.9 Å². The van der Waals surface area contributed by atoms with Crippen LogP contribution in [0.5, 0.6) is 17.2 Å². The average Bonchev–Trinajstić information content (AvgIpc) is 2.70. The summed E-state index contributed by atoms with van der Waals surface area (Å²) in [7, 11) is 0. The van der Waals surface area contributed by atoms with Crippen molar-refractivity contribution in [2.24, 2.45) is 0 Å². The second kappa shape index (κ2) is 10.8. The zero-order valence-electron chi connectivity index (χ0n) is 17.9. The first-order valence-corrected chi connectivity index (χ1v) is 9.72. The molecule has 0 saturated carbocycles. The van der Waals surface area contributed by atoms with Crippen molar-refractivity contribution < 1.29 is 29.3 Å². The lowest BCUT2D eigenvalue weighted by atomic mass is 10.1. The van der Waals surface area contributed by atoms with Crippen molar-refractivity contribution >= 4 is 11.9 Å². The van der Waals surface area contributed by atoms with Crippen LogP contribution in [0.15, 0.2) is 60.7 Å². The van der Waals surface area contributed by atoms with Crippen LogP contribution in [0, 0.1) is 20.8 Å². The number of aryl methyl sites for hydroxylation is 3. The maximum absolute atomic E-state index is 11.0. The lowest BCUT2D eigenvalue weighted by Crippen LogP contribution is -2.23. The van der Waals surface area contributed by atoms with Crippen molar-refractivity contribution in [3.05, 3.63) is 88.5 Å². The molecule has 0 fully saturated rings. The molecule has 0 heterocycles. The molecule has 0 aliphatic heterocycles. The summed E-state index contributed by atoms with van der Waals surface area (Å²) in [6.07, 6.45) is 0. The normalized spacial score (nSPS) is 9.94. The summed E-state index contributed by atoms with van der Waals surface area (Å²) in [5.74, 6) is -0.939. The van der Waals surface area contributed by atoms with Crippen LogP contribution in [0.1, 0.15) is 44.3 Å². The standard InChI is InChI=1S/C16H16O4.C9H10O2/c1-3-19-15-10-13(8-9-14(15)16(17)18)20-12-6-4-11(2)5-7-12;1-6-3-7(2)5-8(4-6)9(10)11/h4-10H,3H2,1-2H3,(H,17,18);3-5H,1-2H3,(H,10,11)/p-2. The summed E-state index contributed by atoms with van der Waals surface area (Å²) in [5, 5.41) is 21.4. The minimum absolute atomic E-state index is 0.0168. The molecule has 0 unspecified atom stereocenters. The highest BCUT2D eigenvalue weighted by Crippen LogP contribution is 2.28. The van der Waals surface area contributed by atoms with E-state index in [1.54, 1.807) is 31.2 Å². The van der Waals surface area contributed by atoms with Crippen LogP contribution in [-0.4, -0.2) is 18.5 Å². The lowest BCUT2D eigenvalue weighted by Gasteiger charge is -2.13. The number of carbonyl (C=O) groups is 2. The van der Waals surface area contributed by atoms with Crippen molar-refractivity contribution in [1.82, 2.24) is 0 Å². The topological polar surface area (TPSA) is 98.7 Å². The number of carbonyl (C=O) groups excluding carboxylic acids is 2. The highest BCUT2D eigenvalue weighted by atomic mass is 16.5. The molecule has 0 N–H and O–H groups in total. The van der Waals surface area contributed by atoms with Crippen LogP contribution >= 0.6 is 0 Å². The molecular weight excluding hydrogens is 396 g/mol. The minimum Gasteiger partial charge on any atom is -0.545 e. The Labute approximate surface area is 181 Å². The average molecular weight is 420 g/mol. The quantitative estimate of drug-likeness (QED) is 0.607. The third-order valence-corrected chi connectivity index (χ3v) is 4.19. The second-order valence-corrected chi connectivity index (χ2v) is 6.96. The summed E-state index contributed by atoms with van der Waals surface area (Å²) in [6, 6.07) is 17.2. The van der Waals surface area contributed by atoms with Crippen molar-refractivity contribution in [1.29, 1.82) is 0 Å². The molecule has 162 valence electrons. The molecule has 0 atom stereocenters. The number of hydrogen-bond acceptors (Lipinski definition) is 6. The van der Waals surface area contributed by atoms with Crippen molar-refractivity contribution in [3.8, 4) is 17.2 Å². The molecule has 0 aliphatic rings. The van der Waals surface area contributed by atoms with Crippen molar-refractivity contribution in [3.63, 3.8) is 0 Å². The third kappa shape index (κ3) is 7.19. The van der Waals surface area contributed by atoms with Crippen molar-refractivity contribution in [2.75, 3.05) is 6.61 Å². The Hall–Kier alpha value is -3.80. The Morgan fingerprint density at radius 1 is 0.742 bits per heavy atom. The van der Waals surface area contributed by atoms with Gasteiger partial charge in [-0.25, -0.2) is 0 Å². The molecule has 0 radical (unpaired) electrons. The molecule has 3 aromatic carbocycles. The van der Waals surface area contributed by atoms with Gasteiger partial charge in [0.15, 0.2) is 0 Å². The van der Waals surface area contributed by atoms with Crippen LogP contribution < -0.4 is 19.7 Å².